The van der Waals surface area contributed by atoms with E-state index >= 15 is 0 Å². The summed E-state index contributed by atoms with van der Waals surface area (Å²) >= 11 is 0. The predicted octanol–water partition coefficient (Wildman–Crippen LogP) is 11.4. The first-order chi connectivity index (χ1) is 18.7. The van der Waals surface area contributed by atoms with Crippen molar-refractivity contribution in [2.75, 3.05) is 0 Å². The molecule has 204 valence electrons. The van der Waals surface area contributed by atoms with Crippen LogP contribution in [0.5, 0.6) is 5.75 Å². The predicted molar refractivity (Wildman–Crippen MR) is 167 cm³/mol. The summed E-state index contributed by atoms with van der Waals surface area (Å²) in [5.41, 5.74) is 13.4. The number of para-hydroxylation sites is 3. The average molecular weight is 521 g/mol. The lowest BCUT2D eigenvalue weighted by Crippen LogP contribution is -2.43. The molecule has 3 nitrogen and oxygen atoms in total. The monoisotopic (exact) mass is 520 g/mol. The molecular weight excluding hydrogens is 476 g/mol. The van der Waals surface area contributed by atoms with Crippen molar-refractivity contribution in [3.8, 4) is 5.75 Å². The lowest BCUT2D eigenvalue weighted by Gasteiger charge is -2.47. The summed E-state index contributed by atoms with van der Waals surface area (Å²) in [6.07, 6.45) is 0. The molecule has 0 radical (unpaired) electrons. The van der Waals surface area contributed by atoms with Crippen molar-refractivity contribution in [2.24, 2.45) is 0 Å². The maximum absolute atomic E-state index is 7.40. The van der Waals surface area contributed by atoms with Gasteiger partial charge in [0.25, 0.3) is 0 Å². The van der Waals surface area contributed by atoms with Gasteiger partial charge in [-0.15, -0.1) is 4.76 Å². The average Bonchev–Trinajstić information content (AvgIpc) is 2.93. The van der Waals surface area contributed by atoms with Crippen LogP contribution in [0.25, 0.3) is 5.43 Å². The van der Waals surface area contributed by atoms with Crippen molar-refractivity contribution in [2.45, 2.75) is 79.1 Å². The van der Waals surface area contributed by atoms with E-state index in [2.05, 4.69) is 140 Å². The van der Waals surface area contributed by atoms with Crippen LogP contribution in [0.1, 0.15) is 101 Å². The summed E-state index contributed by atoms with van der Waals surface area (Å²) in [7, 11) is 0. The van der Waals surface area contributed by atoms with Crippen molar-refractivity contribution in [1.29, 1.82) is 0 Å². The van der Waals surface area contributed by atoms with Gasteiger partial charge < -0.3 is 10.3 Å². The van der Waals surface area contributed by atoms with Gasteiger partial charge in [0.05, 0.1) is 0 Å². The smallest absolute Gasteiger partial charge is 0.197 e. The van der Waals surface area contributed by atoms with Crippen LogP contribution in [0.4, 0.5) is 17.1 Å². The molecule has 0 amide bonds. The Kier molecular flexibility index (Phi) is 8.82. The van der Waals surface area contributed by atoms with E-state index in [1.165, 1.54) is 22.3 Å². The third-order valence-electron chi connectivity index (χ3n) is 7.34. The molecule has 0 aliphatic heterocycles. The largest absolute Gasteiger partial charge is 0.431 e. The molecule has 0 saturated heterocycles. The van der Waals surface area contributed by atoms with E-state index in [4.69, 9.17) is 10.3 Å². The molecule has 0 fully saturated rings. The molecule has 4 rings (SSSR count). The lowest BCUT2D eigenvalue weighted by atomic mass is 9.93. The minimum absolute atomic E-state index is 0.116. The van der Waals surface area contributed by atoms with Gasteiger partial charge in [-0.2, -0.15) is 0 Å². The molecule has 4 aromatic carbocycles. The maximum atomic E-state index is 7.40. The Morgan fingerprint density at radius 1 is 0.462 bits per heavy atom. The van der Waals surface area contributed by atoms with Crippen LogP contribution in [-0.2, 0) is 0 Å². The number of hydrogen-bond acceptors (Lipinski definition) is 1. The third-order valence-corrected chi connectivity index (χ3v) is 7.34. The quantitative estimate of drug-likeness (QED) is 0.151. The van der Waals surface area contributed by atoms with Gasteiger partial charge in [0.2, 0.25) is 0 Å². The molecular formula is C36H44N2O. The Balaban J connectivity index is 2.09. The number of benzene rings is 4. The SMILES string of the molecule is CC(C)c1cccc(C(C)C)c1[N-][N+](Oc1c(C(C)C)cccc1C(C)C)(c1ccccc1)c1ccccc1. The van der Waals surface area contributed by atoms with Crippen molar-refractivity contribution < 1.29 is 4.84 Å². The molecule has 0 saturated carbocycles. The second kappa shape index (κ2) is 12.1. The fourth-order valence-electron chi connectivity index (χ4n) is 5.14. The highest BCUT2D eigenvalue weighted by Crippen LogP contribution is 2.49. The van der Waals surface area contributed by atoms with Crippen molar-refractivity contribution in [1.82, 2.24) is 4.76 Å². The van der Waals surface area contributed by atoms with Crippen LogP contribution in [0.3, 0.4) is 0 Å². The molecule has 0 aromatic heterocycles. The minimum atomic E-state index is -0.116. The zero-order valence-corrected chi connectivity index (χ0v) is 24.8. The van der Waals surface area contributed by atoms with E-state index < -0.39 is 0 Å². The van der Waals surface area contributed by atoms with Crippen molar-refractivity contribution >= 4 is 17.1 Å². The minimum Gasteiger partial charge on any atom is -0.431 e. The molecule has 4 aromatic rings. The number of quaternary nitrogens is 1. The number of hydrogen-bond donors (Lipinski definition) is 0. The van der Waals surface area contributed by atoms with Gasteiger partial charge in [-0.05, 0) is 23.7 Å². The Labute approximate surface area is 236 Å². The standard InChI is InChI=1S/C36H44N2O/c1-25(2)31-21-15-22-32(26(3)4)35(31)37-38(29-17-11-9-12-18-29,30-19-13-10-14-20-30)39-36-33(27(5)6)23-16-24-34(36)28(7)8/h9-28H,1-8H3. The van der Waals surface area contributed by atoms with Crippen LogP contribution in [-0.4, -0.2) is 0 Å². The van der Waals surface area contributed by atoms with E-state index in [1.807, 2.05) is 12.1 Å². The van der Waals surface area contributed by atoms with Gasteiger partial charge in [-0.25, -0.2) is 0 Å². The molecule has 0 bridgehead atoms. The van der Waals surface area contributed by atoms with Crippen LogP contribution in [0, 0.1) is 0 Å². The Morgan fingerprint density at radius 2 is 0.821 bits per heavy atom. The first-order valence-corrected chi connectivity index (χ1v) is 14.3. The Morgan fingerprint density at radius 3 is 1.18 bits per heavy atom. The summed E-state index contributed by atoms with van der Waals surface area (Å²) in [4.78, 5) is 7.40. The number of nitrogens with zero attached hydrogens (tertiary/aromatic N) is 2. The van der Waals surface area contributed by atoms with Gasteiger partial charge >= 0.3 is 0 Å². The highest BCUT2D eigenvalue weighted by atomic mass is 16.8. The van der Waals surface area contributed by atoms with Crippen molar-refractivity contribution in [3.63, 3.8) is 0 Å². The van der Waals surface area contributed by atoms with Gasteiger partial charge in [0, 0.05) is 35.4 Å². The Bertz CT molecular complexity index is 1200. The van der Waals surface area contributed by atoms with Gasteiger partial charge in [-0.1, -0.05) is 145 Å². The maximum Gasteiger partial charge on any atom is 0.197 e. The molecule has 39 heavy (non-hydrogen) atoms. The normalized spacial score (nSPS) is 12.0. The van der Waals surface area contributed by atoms with E-state index in [0.717, 1.165) is 22.8 Å². The Hall–Kier alpha value is -3.56. The van der Waals surface area contributed by atoms with E-state index in [9.17, 15) is 0 Å². The zero-order valence-electron chi connectivity index (χ0n) is 24.8. The molecule has 0 atom stereocenters. The topological polar surface area (TPSA) is 23.3 Å². The van der Waals surface area contributed by atoms with E-state index in [-0.39, 0.29) is 4.76 Å². The summed E-state index contributed by atoms with van der Waals surface area (Å²) in [6.45, 7) is 17.9. The fraction of sp³-hybridized carbons (Fsp3) is 0.333. The highest BCUT2D eigenvalue weighted by Gasteiger charge is 2.34. The first kappa shape index (κ1) is 28.4. The lowest BCUT2D eigenvalue weighted by molar-refractivity contribution is 0.0471. The van der Waals surface area contributed by atoms with Crippen LogP contribution < -0.4 is 9.59 Å². The molecule has 0 unspecified atom stereocenters. The van der Waals surface area contributed by atoms with E-state index in [0.29, 0.717) is 23.7 Å². The fourth-order valence-corrected chi connectivity index (χ4v) is 5.14. The molecule has 0 aliphatic carbocycles. The molecule has 0 N–H and O–H groups in total. The van der Waals surface area contributed by atoms with Crippen LogP contribution in [0.2, 0.25) is 0 Å². The summed E-state index contributed by atoms with van der Waals surface area (Å²) in [5.74, 6) is 2.12. The second-order valence-corrected chi connectivity index (χ2v) is 11.6. The summed E-state index contributed by atoms with van der Waals surface area (Å²) in [6, 6.07) is 34.0. The molecule has 0 spiro atoms. The van der Waals surface area contributed by atoms with Crippen LogP contribution in [0.15, 0.2) is 97.1 Å². The zero-order chi connectivity index (χ0) is 28.2. The molecule has 3 heteroatoms. The molecule has 0 aliphatic rings. The summed E-state index contributed by atoms with van der Waals surface area (Å²) in [5, 5.41) is 0. The van der Waals surface area contributed by atoms with E-state index in [1.54, 1.807) is 0 Å². The van der Waals surface area contributed by atoms with Gasteiger partial charge in [-0.3, -0.25) is 0 Å². The van der Waals surface area contributed by atoms with Gasteiger partial charge in [0.15, 0.2) is 17.1 Å². The highest BCUT2D eigenvalue weighted by molar-refractivity contribution is 5.71. The van der Waals surface area contributed by atoms with Gasteiger partial charge in [0.1, 0.15) is 0 Å². The van der Waals surface area contributed by atoms with Crippen molar-refractivity contribution in [3.05, 3.63) is 125 Å². The molecule has 0 heterocycles. The first-order valence-electron chi connectivity index (χ1n) is 14.3. The number of rotatable bonds is 10. The second-order valence-electron chi connectivity index (χ2n) is 11.6. The van der Waals surface area contributed by atoms with Crippen LogP contribution >= 0.6 is 0 Å². The summed E-state index contributed by atoms with van der Waals surface area (Å²) < 4.78 is -0.116. The third kappa shape index (κ3) is 5.89.